The Balaban J connectivity index is 3.01. The van der Waals surface area contributed by atoms with E-state index in [9.17, 15) is 0 Å². The first-order chi connectivity index (χ1) is 4.34. The van der Waals surface area contributed by atoms with Gasteiger partial charge in [0.05, 0.1) is 0 Å². The van der Waals surface area contributed by atoms with Crippen LogP contribution in [0, 0.1) is 0 Å². The maximum atomic E-state index is 3.02. The van der Waals surface area contributed by atoms with Gasteiger partial charge in [-0.2, -0.15) is 0 Å². The Bertz CT molecular complexity index is 194. The molecule has 1 aromatic rings. The Kier molecular flexibility index (Phi) is 2.32. The summed E-state index contributed by atoms with van der Waals surface area (Å²) in [4.78, 5) is 0. The molecule has 0 N–H and O–H groups in total. The van der Waals surface area contributed by atoms with Crippen molar-refractivity contribution in [3.8, 4) is 0 Å². The molecule has 0 aromatic heterocycles. The summed E-state index contributed by atoms with van der Waals surface area (Å²) >= 11 is 3.02. The summed E-state index contributed by atoms with van der Waals surface area (Å²) in [7, 11) is 0. The Morgan fingerprint density at radius 2 is 2.00 bits per heavy atom. The van der Waals surface area contributed by atoms with Crippen molar-refractivity contribution in [3.05, 3.63) is 29.8 Å². The molecule has 0 fully saturated rings. The molecular formula is C8H9Se. The van der Waals surface area contributed by atoms with Crippen molar-refractivity contribution in [2.45, 2.75) is 13.3 Å². The van der Waals surface area contributed by atoms with Crippen LogP contribution in [0.2, 0.25) is 0 Å². The summed E-state index contributed by atoms with van der Waals surface area (Å²) in [6.07, 6.45) is 1.11. The van der Waals surface area contributed by atoms with Gasteiger partial charge in [-0.25, -0.2) is 0 Å². The monoisotopic (exact) mass is 185 g/mol. The van der Waals surface area contributed by atoms with Gasteiger partial charge in [0, 0.05) is 0 Å². The predicted molar refractivity (Wildman–Crippen MR) is 41.2 cm³/mol. The molecule has 0 saturated heterocycles. The number of hydrogen-bond acceptors (Lipinski definition) is 0. The summed E-state index contributed by atoms with van der Waals surface area (Å²) in [5, 5.41) is 0. The van der Waals surface area contributed by atoms with Gasteiger partial charge in [0.2, 0.25) is 0 Å². The number of rotatable bonds is 1. The summed E-state index contributed by atoms with van der Waals surface area (Å²) < 4.78 is 1.28. The SMILES string of the molecule is CCc1ccccc1[Se]. The fourth-order valence-electron chi connectivity index (χ4n) is 0.796. The van der Waals surface area contributed by atoms with Crippen LogP contribution in [0.25, 0.3) is 0 Å². The molecule has 47 valence electrons. The second kappa shape index (κ2) is 3.05. The van der Waals surface area contributed by atoms with E-state index in [1.54, 1.807) is 0 Å². The van der Waals surface area contributed by atoms with Crippen LogP contribution in [0.15, 0.2) is 24.3 Å². The molecule has 1 aromatic carbocycles. The average molecular weight is 184 g/mol. The molecule has 0 heterocycles. The maximum absolute atomic E-state index is 3.02. The van der Waals surface area contributed by atoms with Crippen LogP contribution in [-0.4, -0.2) is 16.0 Å². The second-order valence-corrected chi connectivity index (χ2v) is 2.88. The number of benzene rings is 1. The molecule has 0 aliphatic rings. The molecule has 1 rings (SSSR count). The van der Waals surface area contributed by atoms with Gasteiger partial charge >= 0.3 is 63.6 Å². The molecule has 0 aliphatic heterocycles. The van der Waals surface area contributed by atoms with E-state index in [2.05, 4.69) is 41.1 Å². The van der Waals surface area contributed by atoms with Crippen molar-refractivity contribution in [2.75, 3.05) is 0 Å². The van der Waals surface area contributed by atoms with Crippen LogP contribution in [0.5, 0.6) is 0 Å². The van der Waals surface area contributed by atoms with Gasteiger partial charge in [-0.05, 0) is 0 Å². The van der Waals surface area contributed by atoms with Gasteiger partial charge in [-0.1, -0.05) is 0 Å². The third kappa shape index (κ3) is 1.57. The summed E-state index contributed by atoms with van der Waals surface area (Å²) in [6.45, 7) is 2.16. The van der Waals surface area contributed by atoms with Gasteiger partial charge in [-0.3, -0.25) is 0 Å². The molecule has 1 heteroatoms. The zero-order valence-corrected chi connectivity index (χ0v) is 7.14. The Hall–Kier alpha value is -0.261. The van der Waals surface area contributed by atoms with Gasteiger partial charge in [-0.15, -0.1) is 0 Å². The Morgan fingerprint density at radius 1 is 1.33 bits per heavy atom. The van der Waals surface area contributed by atoms with Gasteiger partial charge in [0.15, 0.2) is 0 Å². The first-order valence-corrected chi connectivity index (χ1v) is 3.95. The molecule has 0 nitrogen and oxygen atoms in total. The molecule has 0 atom stereocenters. The van der Waals surface area contributed by atoms with Crippen molar-refractivity contribution < 1.29 is 0 Å². The van der Waals surface area contributed by atoms with E-state index in [1.807, 2.05) is 6.07 Å². The Labute approximate surface area is 64.1 Å². The van der Waals surface area contributed by atoms with E-state index in [1.165, 1.54) is 10.0 Å². The zero-order chi connectivity index (χ0) is 6.69. The molecule has 0 saturated carbocycles. The predicted octanol–water partition coefficient (Wildman–Crippen LogP) is 1.04. The Morgan fingerprint density at radius 3 is 2.44 bits per heavy atom. The number of hydrogen-bond donors (Lipinski definition) is 0. The molecule has 0 spiro atoms. The third-order valence-electron chi connectivity index (χ3n) is 1.35. The molecule has 0 amide bonds. The normalized spacial score (nSPS) is 9.44. The average Bonchev–Trinajstić information content (AvgIpc) is 1.89. The summed E-state index contributed by atoms with van der Waals surface area (Å²) in [5.74, 6) is 0. The quantitative estimate of drug-likeness (QED) is 0.572. The van der Waals surface area contributed by atoms with E-state index < -0.39 is 0 Å². The van der Waals surface area contributed by atoms with Crippen molar-refractivity contribution in [1.29, 1.82) is 0 Å². The van der Waals surface area contributed by atoms with Crippen LogP contribution in [-0.2, 0) is 6.42 Å². The fraction of sp³-hybridized carbons (Fsp3) is 0.250. The van der Waals surface area contributed by atoms with Crippen molar-refractivity contribution in [3.63, 3.8) is 0 Å². The number of aryl methyl sites for hydroxylation is 1. The van der Waals surface area contributed by atoms with Gasteiger partial charge in [0.25, 0.3) is 0 Å². The van der Waals surface area contributed by atoms with Crippen LogP contribution < -0.4 is 4.46 Å². The van der Waals surface area contributed by atoms with Gasteiger partial charge in [0.1, 0.15) is 0 Å². The van der Waals surface area contributed by atoms with E-state index in [4.69, 9.17) is 0 Å². The van der Waals surface area contributed by atoms with Crippen molar-refractivity contribution in [2.24, 2.45) is 0 Å². The topological polar surface area (TPSA) is 0 Å². The molecule has 0 bridgehead atoms. The van der Waals surface area contributed by atoms with E-state index in [0.29, 0.717) is 0 Å². The molecular weight excluding hydrogens is 175 g/mol. The summed E-state index contributed by atoms with van der Waals surface area (Å²) in [5.41, 5.74) is 1.40. The molecule has 1 radical (unpaired) electrons. The van der Waals surface area contributed by atoms with Crippen LogP contribution in [0.3, 0.4) is 0 Å². The van der Waals surface area contributed by atoms with Crippen LogP contribution in [0.4, 0.5) is 0 Å². The standard InChI is InChI=1S/C8H9Se/c1-2-7-5-3-4-6-8(7)9/h3-6H,2H2,1H3. The molecule has 0 aliphatic carbocycles. The van der Waals surface area contributed by atoms with E-state index >= 15 is 0 Å². The van der Waals surface area contributed by atoms with E-state index in [0.717, 1.165) is 6.42 Å². The van der Waals surface area contributed by atoms with Crippen LogP contribution in [0.1, 0.15) is 12.5 Å². The first kappa shape index (κ1) is 6.85. The van der Waals surface area contributed by atoms with Crippen LogP contribution >= 0.6 is 0 Å². The minimum absolute atomic E-state index is 1.11. The van der Waals surface area contributed by atoms with Crippen molar-refractivity contribution in [1.82, 2.24) is 0 Å². The zero-order valence-electron chi connectivity index (χ0n) is 5.42. The fourth-order valence-corrected chi connectivity index (χ4v) is 1.41. The van der Waals surface area contributed by atoms with Gasteiger partial charge < -0.3 is 0 Å². The first-order valence-electron chi connectivity index (χ1n) is 3.09. The van der Waals surface area contributed by atoms with E-state index in [-0.39, 0.29) is 0 Å². The third-order valence-corrected chi connectivity index (χ3v) is 2.19. The van der Waals surface area contributed by atoms with Crippen molar-refractivity contribution >= 4 is 20.5 Å². The molecule has 0 unspecified atom stereocenters. The summed E-state index contributed by atoms with van der Waals surface area (Å²) in [6, 6.07) is 8.36. The minimum atomic E-state index is 1.11. The second-order valence-electron chi connectivity index (χ2n) is 1.96. The molecule has 9 heavy (non-hydrogen) atoms.